The summed E-state index contributed by atoms with van der Waals surface area (Å²) in [5, 5.41) is 3.22. The molecule has 1 aromatic heterocycles. The number of nitrogens with two attached hydrogens (primary N) is 1. The summed E-state index contributed by atoms with van der Waals surface area (Å²) in [6.07, 6.45) is 2.18. The van der Waals surface area contributed by atoms with E-state index in [0.717, 1.165) is 0 Å². The van der Waals surface area contributed by atoms with Crippen LogP contribution in [0, 0.1) is 5.92 Å². The van der Waals surface area contributed by atoms with Gasteiger partial charge in [-0.3, -0.25) is 14.4 Å². The number of amides is 3. The molecule has 0 radical (unpaired) electrons. The molecule has 2 unspecified atom stereocenters. The minimum absolute atomic E-state index is 0.0503. The van der Waals surface area contributed by atoms with Gasteiger partial charge in [-0.25, -0.2) is 0 Å². The molecular formula is C21H35N5O4. The van der Waals surface area contributed by atoms with Gasteiger partial charge in [-0.05, 0) is 24.6 Å². The van der Waals surface area contributed by atoms with E-state index in [-0.39, 0.29) is 43.1 Å². The van der Waals surface area contributed by atoms with Crippen LogP contribution in [0.1, 0.15) is 44.7 Å². The summed E-state index contributed by atoms with van der Waals surface area (Å²) in [7, 11) is 0. The van der Waals surface area contributed by atoms with Crippen molar-refractivity contribution in [2.75, 3.05) is 39.3 Å². The van der Waals surface area contributed by atoms with Gasteiger partial charge < -0.3 is 30.2 Å². The van der Waals surface area contributed by atoms with Crippen LogP contribution in [0.25, 0.3) is 0 Å². The fourth-order valence-electron chi connectivity index (χ4n) is 3.50. The summed E-state index contributed by atoms with van der Waals surface area (Å²) < 4.78 is 5.27. The molecule has 2 aliphatic rings. The van der Waals surface area contributed by atoms with Crippen molar-refractivity contribution in [1.29, 1.82) is 0 Å². The first-order chi connectivity index (χ1) is 14.3. The molecule has 0 spiro atoms. The van der Waals surface area contributed by atoms with E-state index in [0.29, 0.717) is 25.6 Å². The van der Waals surface area contributed by atoms with Crippen molar-refractivity contribution in [3.05, 3.63) is 24.2 Å². The predicted molar refractivity (Wildman–Crippen MR) is 113 cm³/mol. The lowest BCUT2D eigenvalue weighted by Crippen LogP contribution is -2.73. The first kappa shape index (κ1) is 23.9. The minimum atomic E-state index is -0.545. The molecule has 2 saturated heterocycles. The van der Waals surface area contributed by atoms with Crippen LogP contribution in [0.3, 0.4) is 0 Å². The number of fused-ring (bicyclic) bond motifs is 1. The number of nitrogens with zero attached hydrogens (tertiary/aromatic N) is 3. The number of piperazine rings is 1. The molecule has 2 aliphatic heterocycles. The normalized spacial score (nSPS) is 21.5. The molecule has 30 heavy (non-hydrogen) atoms. The van der Waals surface area contributed by atoms with Crippen molar-refractivity contribution in [1.82, 2.24) is 20.0 Å². The highest BCUT2D eigenvalue weighted by molar-refractivity contribution is 5.95. The van der Waals surface area contributed by atoms with Crippen LogP contribution < -0.4 is 11.1 Å². The van der Waals surface area contributed by atoms with E-state index < -0.39 is 12.2 Å². The van der Waals surface area contributed by atoms with E-state index in [9.17, 15) is 14.4 Å². The summed E-state index contributed by atoms with van der Waals surface area (Å²) in [5.74, 6) is -0.0206. The van der Waals surface area contributed by atoms with Crippen molar-refractivity contribution in [2.45, 2.75) is 46.3 Å². The van der Waals surface area contributed by atoms with Crippen molar-refractivity contribution in [2.24, 2.45) is 11.7 Å². The van der Waals surface area contributed by atoms with Gasteiger partial charge >= 0.3 is 0 Å². The minimum Gasteiger partial charge on any atom is -0.459 e. The molecule has 3 amide bonds. The average Bonchev–Trinajstić information content (AvgIpc) is 3.24. The maximum absolute atomic E-state index is 13.0. The SMILES string of the molecule is CC(C)CNC1CN(C(=O)c2ccco2)C2CN(CCN)C(=O)CN2C1=O.CCC. The average molecular weight is 422 g/mol. The lowest BCUT2D eigenvalue weighted by atomic mass is 10.1. The Bertz CT molecular complexity index is 706. The summed E-state index contributed by atoms with van der Waals surface area (Å²) >= 11 is 0. The molecule has 9 nitrogen and oxygen atoms in total. The molecule has 9 heteroatoms. The van der Waals surface area contributed by atoms with E-state index in [1.807, 2.05) is 13.8 Å². The van der Waals surface area contributed by atoms with Crippen LogP contribution in [0.2, 0.25) is 0 Å². The Balaban J connectivity index is 0.00000101. The molecule has 168 valence electrons. The highest BCUT2D eigenvalue weighted by Crippen LogP contribution is 2.23. The van der Waals surface area contributed by atoms with Crippen molar-refractivity contribution >= 4 is 17.7 Å². The maximum Gasteiger partial charge on any atom is 0.291 e. The number of hydrogen-bond acceptors (Lipinski definition) is 6. The zero-order valence-corrected chi connectivity index (χ0v) is 18.5. The number of hydrogen-bond donors (Lipinski definition) is 2. The van der Waals surface area contributed by atoms with Crippen molar-refractivity contribution < 1.29 is 18.8 Å². The van der Waals surface area contributed by atoms with Gasteiger partial charge in [0, 0.05) is 19.6 Å². The second kappa shape index (κ2) is 11.1. The van der Waals surface area contributed by atoms with Gasteiger partial charge in [-0.1, -0.05) is 34.1 Å². The monoisotopic (exact) mass is 421 g/mol. The Labute approximate surface area is 178 Å². The molecule has 0 saturated carbocycles. The number of carbonyl (C=O) groups excluding carboxylic acids is 3. The third kappa shape index (κ3) is 5.60. The van der Waals surface area contributed by atoms with Crippen LogP contribution >= 0.6 is 0 Å². The standard InChI is InChI=1S/C18H27N5O4.C3H8/c1-12(2)8-20-13-9-22(18(26)14-4-3-7-27-14)15-10-21(6-5-19)16(24)11-23(15)17(13)25;1-3-2/h3-4,7,12-13,15,20H,5-6,8-11,19H2,1-2H3;3H2,1-2H3. The fourth-order valence-corrected chi connectivity index (χ4v) is 3.50. The number of carbonyl (C=O) groups is 3. The van der Waals surface area contributed by atoms with Gasteiger partial charge in [0.2, 0.25) is 11.8 Å². The summed E-state index contributed by atoms with van der Waals surface area (Å²) in [6, 6.07) is 2.71. The molecular weight excluding hydrogens is 386 g/mol. The second-order valence-electron chi connectivity index (χ2n) is 8.07. The number of nitrogens with one attached hydrogen (secondary N) is 1. The third-order valence-electron chi connectivity index (χ3n) is 4.89. The van der Waals surface area contributed by atoms with Gasteiger partial charge in [0.05, 0.1) is 12.8 Å². The largest absolute Gasteiger partial charge is 0.459 e. The lowest BCUT2D eigenvalue weighted by Gasteiger charge is -2.50. The molecule has 0 aliphatic carbocycles. The summed E-state index contributed by atoms with van der Waals surface area (Å²) in [4.78, 5) is 43.1. The Morgan fingerprint density at radius 3 is 2.57 bits per heavy atom. The van der Waals surface area contributed by atoms with Gasteiger partial charge in [-0.2, -0.15) is 0 Å². The Kier molecular flexibility index (Phi) is 8.86. The Morgan fingerprint density at radius 2 is 2.00 bits per heavy atom. The zero-order chi connectivity index (χ0) is 22.3. The smallest absolute Gasteiger partial charge is 0.291 e. The zero-order valence-electron chi connectivity index (χ0n) is 18.5. The molecule has 3 N–H and O–H groups in total. The maximum atomic E-state index is 13.0. The van der Waals surface area contributed by atoms with Gasteiger partial charge in [-0.15, -0.1) is 0 Å². The van der Waals surface area contributed by atoms with E-state index in [4.69, 9.17) is 10.2 Å². The van der Waals surface area contributed by atoms with E-state index in [1.54, 1.807) is 21.9 Å². The van der Waals surface area contributed by atoms with Crippen LogP contribution in [0.5, 0.6) is 0 Å². The fraction of sp³-hybridized carbons (Fsp3) is 0.667. The topological polar surface area (TPSA) is 112 Å². The predicted octanol–water partition coefficient (Wildman–Crippen LogP) is 0.722. The van der Waals surface area contributed by atoms with Gasteiger partial charge in [0.15, 0.2) is 5.76 Å². The molecule has 0 aromatic carbocycles. The van der Waals surface area contributed by atoms with Gasteiger partial charge in [0.25, 0.3) is 5.91 Å². The Morgan fingerprint density at radius 1 is 1.30 bits per heavy atom. The second-order valence-corrected chi connectivity index (χ2v) is 8.07. The highest BCUT2D eigenvalue weighted by Gasteiger charge is 2.47. The molecule has 1 aromatic rings. The lowest BCUT2D eigenvalue weighted by molar-refractivity contribution is -0.161. The number of furan rings is 1. The number of rotatable bonds is 6. The molecule has 0 bridgehead atoms. The van der Waals surface area contributed by atoms with Crippen LogP contribution in [0.4, 0.5) is 0 Å². The van der Waals surface area contributed by atoms with Crippen molar-refractivity contribution in [3.8, 4) is 0 Å². The molecule has 2 fully saturated rings. The van der Waals surface area contributed by atoms with Gasteiger partial charge in [0.1, 0.15) is 18.8 Å². The first-order valence-electron chi connectivity index (χ1n) is 10.7. The molecule has 3 rings (SSSR count). The van der Waals surface area contributed by atoms with E-state index in [2.05, 4.69) is 19.2 Å². The summed E-state index contributed by atoms with van der Waals surface area (Å²) in [5.41, 5.74) is 5.60. The first-order valence-corrected chi connectivity index (χ1v) is 10.7. The molecule has 2 atom stereocenters. The van der Waals surface area contributed by atoms with Crippen LogP contribution in [-0.4, -0.2) is 83.9 Å². The van der Waals surface area contributed by atoms with E-state index >= 15 is 0 Å². The van der Waals surface area contributed by atoms with E-state index in [1.165, 1.54) is 17.6 Å². The van der Waals surface area contributed by atoms with Crippen LogP contribution in [-0.2, 0) is 9.59 Å². The molecule has 3 heterocycles. The third-order valence-corrected chi connectivity index (χ3v) is 4.89. The Hall–Kier alpha value is -2.39. The quantitative estimate of drug-likeness (QED) is 0.700. The van der Waals surface area contributed by atoms with Crippen molar-refractivity contribution in [3.63, 3.8) is 0 Å². The highest BCUT2D eigenvalue weighted by atomic mass is 16.3. The summed E-state index contributed by atoms with van der Waals surface area (Å²) in [6.45, 7) is 10.2. The van der Waals surface area contributed by atoms with Crippen LogP contribution in [0.15, 0.2) is 22.8 Å².